The lowest BCUT2D eigenvalue weighted by molar-refractivity contribution is -0.131. The lowest BCUT2D eigenvalue weighted by Gasteiger charge is -2.23. The van der Waals surface area contributed by atoms with Gasteiger partial charge in [0, 0.05) is 12.7 Å². The number of aromatic nitrogens is 1. The van der Waals surface area contributed by atoms with Crippen molar-refractivity contribution in [3.05, 3.63) is 66.0 Å². The molecule has 104 valence electrons. The minimum absolute atomic E-state index is 0.0916. The third-order valence-electron chi connectivity index (χ3n) is 3.08. The summed E-state index contributed by atoms with van der Waals surface area (Å²) in [5, 5.41) is -0.653. The van der Waals surface area contributed by atoms with Gasteiger partial charge in [0.15, 0.2) is 0 Å². The molecule has 0 saturated heterocycles. The van der Waals surface area contributed by atoms with Gasteiger partial charge in [0.1, 0.15) is 5.38 Å². The van der Waals surface area contributed by atoms with Crippen LogP contribution in [0.15, 0.2) is 54.7 Å². The third-order valence-corrected chi connectivity index (χ3v) is 3.52. The van der Waals surface area contributed by atoms with E-state index in [1.165, 1.54) is 0 Å². The van der Waals surface area contributed by atoms with Gasteiger partial charge in [-0.2, -0.15) is 0 Å². The Balaban J connectivity index is 2.09. The maximum atomic E-state index is 12.4. The molecule has 0 N–H and O–H groups in total. The third kappa shape index (κ3) is 3.58. The smallest absolute Gasteiger partial charge is 0.245 e. The first-order chi connectivity index (χ1) is 9.72. The highest BCUT2D eigenvalue weighted by Crippen LogP contribution is 2.23. The number of benzene rings is 1. The number of hydrogen-bond acceptors (Lipinski definition) is 2. The molecule has 0 fully saturated rings. The van der Waals surface area contributed by atoms with Crippen molar-refractivity contribution in [3.8, 4) is 0 Å². The van der Waals surface area contributed by atoms with E-state index >= 15 is 0 Å². The second kappa shape index (κ2) is 7.06. The second-order valence-electron chi connectivity index (χ2n) is 4.45. The van der Waals surface area contributed by atoms with Gasteiger partial charge >= 0.3 is 0 Å². The van der Waals surface area contributed by atoms with Gasteiger partial charge in [-0.15, -0.1) is 11.6 Å². The van der Waals surface area contributed by atoms with Crippen LogP contribution >= 0.6 is 11.6 Å². The van der Waals surface area contributed by atoms with Crippen molar-refractivity contribution in [1.29, 1.82) is 0 Å². The van der Waals surface area contributed by atoms with E-state index in [1.807, 2.05) is 55.5 Å². The van der Waals surface area contributed by atoms with Gasteiger partial charge in [0.2, 0.25) is 5.91 Å². The topological polar surface area (TPSA) is 33.2 Å². The summed E-state index contributed by atoms with van der Waals surface area (Å²) < 4.78 is 0. The molecule has 1 aromatic heterocycles. The van der Waals surface area contributed by atoms with Gasteiger partial charge in [-0.1, -0.05) is 36.4 Å². The van der Waals surface area contributed by atoms with Crippen LogP contribution in [-0.2, 0) is 11.3 Å². The zero-order chi connectivity index (χ0) is 14.4. The van der Waals surface area contributed by atoms with Gasteiger partial charge in [-0.25, -0.2) is 0 Å². The molecule has 1 unspecified atom stereocenters. The number of carbonyl (C=O) groups excluding carboxylic acids is 1. The summed E-state index contributed by atoms with van der Waals surface area (Å²) in [6, 6.07) is 15.1. The standard InChI is InChI=1S/C16H17ClN2O/c1-2-19(12-14-10-6-7-11-18-14)16(20)15(17)13-8-4-3-5-9-13/h3-11,15H,2,12H2,1H3. The first-order valence-electron chi connectivity index (χ1n) is 6.60. The fourth-order valence-electron chi connectivity index (χ4n) is 1.96. The van der Waals surface area contributed by atoms with Crippen LogP contribution in [0.3, 0.4) is 0 Å². The molecular weight excluding hydrogens is 272 g/mol. The average Bonchev–Trinajstić information content (AvgIpc) is 2.53. The molecule has 0 saturated carbocycles. The summed E-state index contributed by atoms with van der Waals surface area (Å²) in [6.07, 6.45) is 1.73. The number of alkyl halides is 1. The van der Waals surface area contributed by atoms with E-state index in [0.29, 0.717) is 13.1 Å². The van der Waals surface area contributed by atoms with Crippen molar-refractivity contribution in [1.82, 2.24) is 9.88 Å². The molecule has 2 aromatic rings. The SMILES string of the molecule is CCN(Cc1ccccn1)C(=O)C(Cl)c1ccccc1. The van der Waals surface area contributed by atoms with Crippen LogP contribution in [0.1, 0.15) is 23.6 Å². The summed E-state index contributed by atoms with van der Waals surface area (Å²) in [4.78, 5) is 18.4. The van der Waals surface area contributed by atoms with E-state index in [1.54, 1.807) is 11.1 Å². The maximum Gasteiger partial charge on any atom is 0.245 e. The molecule has 0 radical (unpaired) electrons. The molecule has 20 heavy (non-hydrogen) atoms. The molecular formula is C16H17ClN2O. The van der Waals surface area contributed by atoms with Crippen LogP contribution in [0, 0.1) is 0 Å². The minimum Gasteiger partial charge on any atom is -0.335 e. The Hall–Kier alpha value is -1.87. The Morgan fingerprint density at radius 3 is 2.50 bits per heavy atom. The minimum atomic E-state index is -0.653. The lowest BCUT2D eigenvalue weighted by Crippen LogP contribution is -2.33. The summed E-state index contributed by atoms with van der Waals surface area (Å²) in [5.74, 6) is -0.0916. The lowest BCUT2D eigenvalue weighted by atomic mass is 10.1. The van der Waals surface area contributed by atoms with Crippen molar-refractivity contribution in [3.63, 3.8) is 0 Å². The number of pyridine rings is 1. The molecule has 2 rings (SSSR count). The van der Waals surface area contributed by atoms with E-state index in [4.69, 9.17) is 11.6 Å². The van der Waals surface area contributed by atoms with Crippen molar-refractivity contribution in [2.75, 3.05) is 6.54 Å². The Morgan fingerprint density at radius 1 is 1.20 bits per heavy atom. The van der Waals surface area contributed by atoms with E-state index in [9.17, 15) is 4.79 Å². The van der Waals surface area contributed by atoms with Crippen molar-refractivity contribution in [2.45, 2.75) is 18.8 Å². The summed E-state index contributed by atoms with van der Waals surface area (Å²) in [5.41, 5.74) is 1.68. The van der Waals surface area contributed by atoms with Crippen LogP contribution in [-0.4, -0.2) is 22.3 Å². The zero-order valence-corrected chi connectivity index (χ0v) is 12.1. The van der Waals surface area contributed by atoms with E-state index < -0.39 is 5.38 Å². The highest BCUT2D eigenvalue weighted by atomic mass is 35.5. The quantitative estimate of drug-likeness (QED) is 0.790. The monoisotopic (exact) mass is 288 g/mol. The highest BCUT2D eigenvalue weighted by Gasteiger charge is 2.23. The van der Waals surface area contributed by atoms with Crippen LogP contribution in [0.4, 0.5) is 0 Å². The van der Waals surface area contributed by atoms with Crippen LogP contribution in [0.25, 0.3) is 0 Å². The van der Waals surface area contributed by atoms with Gasteiger partial charge in [-0.05, 0) is 24.6 Å². The number of amides is 1. The molecule has 0 bridgehead atoms. The molecule has 0 aliphatic carbocycles. The molecule has 1 heterocycles. The molecule has 3 nitrogen and oxygen atoms in total. The largest absolute Gasteiger partial charge is 0.335 e. The van der Waals surface area contributed by atoms with Crippen LogP contribution in [0.2, 0.25) is 0 Å². The molecule has 1 aromatic carbocycles. The van der Waals surface area contributed by atoms with Gasteiger partial charge < -0.3 is 4.90 Å². The van der Waals surface area contributed by atoms with Crippen LogP contribution in [0.5, 0.6) is 0 Å². The fraction of sp³-hybridized carbons (Fsp3) is 0.250. The van der Waals surface area contributed by atoms with Crippen molar-refractivity contribution in [2.24, 2.45) is 0 Å². The fourth-order valence-corrected chi connectivity index (χ4v) is 2.24. The van der Waals surface area contributed by atoms with Gasteiger partial charge in [0.25, 0.3) is 0 Å². The van der Waals surface area contributed by atoms with E-state index in [2.05, 4.69) is 4.98 Å². The number of carbonyl (C=O) groups is 1. The number of rotatable bonds is 5. The number of hydrogen-bond donors (Lipinski definition) is 0. The first kappa shape index (κ1) is 14.5. The molecule has 1 atom stereocenters. The summed E-state index contributed by atoms with van der Waals surface area (Å²) in [7, 11) is 0. The molecule has 4 heteroatoms. The van der Waals surface area contributed by atoms with Gasteiger partial charge in [-0.3, -0.25) is 9.78 Å². The zero-order valence-electron chi connectivity index (χ0n) is 11.4. The first-order valence-corrected chi connectivity index (χ1v) is 7.03. The average molecular weight is 289 g/mol. The Labute approximate surface area is 124 Å². The Kier molecular flexibility index (Phi) is 5.13. The number of halogens is 1. The summed E-state index contributed by atoms with van der Waals surface area (Å²) in [6.45, 7) is 3.02. The predicted octanol–water partition coefficient (Wildman–Crippen LogP) is 3.41. The maximum absolute atomic E-state index is 12.4. The predicted molar refractivity (Wildman–Crippen MR) is 80.4 cm³/mol. The number of likely N-dealkylation sites (N-methyl/N-ethyl adjacent to an activating group) is 1. The van der Waals surface area contributed by atoms with Crippen molar-refractivity contribution >= 4 is 17.5 Å². The highest BCUT2D eigenvalue weighted by molar-refractivity contribution is 6.30. The second-order valence-corrected chi connectivity index (χ2v) is 4.88. The molecule has 1 amide bonds. The Morgan fingerprint density at radius 2 is 1.90 bits per heavy atom. The van der Waals surface area contributed by atoms with Gasteiger partial charge in [0.05, 0.1) is 12.2 Å². The molecule has 0 spiro atoms. The van der Waals surface area contributed by atoms with Crippen molar-refractivity contribution < 1.29 is 4.79 Å². The molecule has 0 aliphatic rings. The Bertz CT molecular complexity index is 545. The van der Waals surface area contributed by atoms with Crippen LogP contribution < -0.4 is 0 Å². The van der Waals surface area contributed by atoms with E-state index in [0.717, 1.165) is 11.3 Å². The number of nitrogens with zero attached hydrogens (tertiary/aromatic N) is 2. The van der Waals surface area contributed by atoms with E-state index in [-0.39, 0.29) is 5.91 Å². The normalized spacial score (nSPS) is 11.9. The molecule has 0 aliphatic heterocycles. The summed E-state index contributed by atoms with van der Waals surface area (Å²) >= 11 is 6.28.